The minimum absolute atomic E-state index is 0.0510. The van der Waals surface area contributed by atoms with Crippen molar-refractivity contribution in [2.45, 2.75) is 6.54 Å². The predicted molar refractivity (Wildman–Crippen MR) is 73.7 cm³/mol. The molecule has 0 saturated carbocycles. The molecule has 3 rings (SSSR count). The van der Waals surface area contributed by atoms with Gasteiger partial charge in [-0.2, -0.15) is 0 Å². The number of hydrogen-bond donors (Lipinski definition) is 2. The summed E-state index contributed by atoms with van der Waals surface area (Å²) < 4.78 is 13.5. The van der Waals surface area contributed by atoms with Crippen LogP contribution in [0.2, 0.25) is 0 Å². The van der Waals surface area contributed by atoms with Gasteiger partial charge in [-0.05, 0) is 29.8 Å². The number of nitrogens with one attached hydrogen (secondary N) is 2. The van der Waals surface area contributed by atoms with Crippen LogP contribution in [0.4, 0.5) is 4.39 Å². The number of nitrogens with zero attached hydrogens (tertiary/aromatic N) is 1. The van der Waals surface area contributed by atoms with Gasteiger partial charge in [-0.1, -0.05) is 18.2 Å². The number of rotatable bonds is 3. The summed E-state index contributed by atoms with van der Waals surface area (Å²) in [5.41, 5.74) is 2.75. The first-order valence-corrected chi connectivity index (χ1v) is 6.19. The number of aromatic amines is 1. The van der Waals surface area contributed by atoms with Crippen molar-refractivity contribution in [2.75, 3.05) is 0 Å². The quantitative estimate of drug-likeness (QED) is 0.768. The van der Waals surface area contributed by atoms with E-state index >= 15 is 0 Å². The van der Waals surface area contributed by atoms with Crippen molar-refractivity contribution >= 4 is 16.9 Å². The Morgan fingerprint density at radius 3 is 2.95 bits per heavy atom. The number of carbonyl (C=O) groups is 1. The maximum Gasteiger partial charge on any atom is 0.254 e. The van der Waals surface area contributed by atoms with Crippen molar-refractivity contribution in [3.8, 4) is 0 Å². The molecule has 0 saturated heterocycles. The summed E-state index contributed by atoms with van der Waals surface area (Å²) in [6, 6.07) is 11.6. The maximum absolute atomic E-state index is 13.5. The molecule has 2 N–H and O–H groups in total. The molecular formula is C15H12FN3O. The first-order valence-electron chi connectivity index (χ1n) is 6.19. The van der Waals surface area contributed by atoms with Gasteiger partial charge in [0, 0.05) is 6.54 Å². The van der Waals surface area contributed by atoms with E-state index in [4.69, 9.17) is 0 Å². The highest BCUT2D eigenvalue weighted by Crippen LogP contribution is 2.12. The average Bonchev–Trinajstić information content (AvgIpc) is 2.92. The van der Waals surface area contributed by atoms with Crippen LogP contribution in [0.1, 0.15) is 15.9 Å². The van der Waals surface area contributed by atoms with Crippen molar-refractivity contribution in [3.05, 3.63) is 65.7 Å². The minimum Gasteiger partial charge on any atom is -0.348 e. The molecule has 5 heteroatoms. The summed E-state index contributed by atoms with van der Waals surface area (Å²) in [5.74, 6) is -0.943. The summed E-state index contributed by atoms with van der Waals surface area (Å²) in [5, 5.41) is 2.70. The smallest absolute Gasteiger partial charge is 0.254 e. The van der Waals surface area contributed by atoms with E-state index in [1.807, 2.05) is 18.2 Å². The Kier molecular flexibility index (Phi) is 3.16. The van der Waals surface area contributed by atoms with Crippen molar-refractivity contribution in [1.82, 2.24) is 15.3 Å². The van der Waals surface area contributed by atoms with Gasteiger partial charge in [-0.15, -0.1) is 0 Å². The van der Waals surface area contributed by atoms with E-state index in [2.05, 4.69) is 15.3 Å². The number of aromatic nitrogens is 2. The second-order valence-corrected chi connectivity index (χ2v) is 4.42. The van der Waals surface area contributed by atoms with E-state index in [1.165, 1.54) is 12.1 Å². The highest BCUT2D eigenvalue weighted by Gasteiger charge is 2.10. The molecule has 1 heterocycles. The van der Waals surface area contributed by atoms with Crippen LogP contribution in [0.15, 0.2) is 48.8 Å². The van der Waals surface area contributed by atoms with Crippen molar-refractivity contribution < 1.29 is 9.18 Å². The normalized spacial score (nSPS) is 10.7. The monoisotopic (exact) mass is 269 g/mol. The Balaban J connectivity index is 1.73. The van der Waals surface area contributed by atoms with E-state index in [1.54, 1.807) is 18.5 Å². The summed E-state index contributed by atoms with van der Waals surface area (Å²) in [6.07, 6.45) is 1.62. The molecule has 1 aromatic heterocycles. The summed E-state index contributed by atoms with van der Waals surface area (Å²) >= 11 is 0. The first kappa shape index (κ1) is 12.3. The van der Waals surface area contributed by atoms with Crippen LogP contribution in [-0.4, -0.2) is 15.9 Å². The van der Waals surface area contributed by atoms with Gasteiger partial charge in [-0.3, -0.25) is 4.79 Å². The highest BCUT2D eigenvalue weighted by atomic mass is 19.1. The van der Waals surface area contributed by atoms with Crippen LogP contribution in [0, 0.1) is 5.82 Å². The lowest BCUT2D eigenvalue weighted by atomic mass is 10.1. The standard InChI is InChI=1S/C15H12FN3O/c16-12-4-2-1-3-11(12)15(20)17-8-10-5-6-13-14(7-10)19-9-18-13/h1-7,9H,8H2,(H,17,20)(H,18,19). The zero-order valence-electron chi connectivity index (χ0n) is 10.6. The third-order valence-electron chi connectivity index (χ3n) is 3.06. The molecule has 0 radical (unpaired) electrons. The molecule has 100 valence electrons. The lowest BCUT2D eigenvalue weighted by Crippen LogP contribution is -2.23. The third-order valence-corrected chi connectivity index (χ3v) is 3.06. The topological polar surface area (TPSA) is 57.8 Å². The molecule has 0 spiro atoms. The molecule has 0 aliphatic heterocycles. The number of hydrogen-bond acceptors (Lipinski definition) is 2. The number of benzene rings is 2. The molecule has 1 amide bonds. The number of halogens is 1. The zero-order valence-corrected chi connectivity index (χ0v) is 10.6. The largest absolute Gasteiger partial charge is 0.348 e. The lowest BCUT2D eigenvalue weighted by Gasteiger charge is -2.06. The first-order chi connectivity index (χ1) is 9.74. The van der Waals surface area contributed by atoms with E-state index in [0.29, 0.717) is 6.54 Å². The van der Waals surface area contributed by atoms with Crippen molar-refractivity contribution in [1.29, 1.82) is 0 Å². The number of fused-ring (bicyclic) bond motifs is 1. The molecule has 0 unspecified atom stereocenters. The average molecular weight is 269 g/mol. The number of carbonyl (C=O) groups excluding carboxylic acids is 1. The van der Waals surface area contributed by atoms with Gasteiger partial charge in [0.15, 0.2) is 0 Å². The SMILES string of the molecule is O=C(NCc1ccc2nc[nH]c2c1)c1ccccc1F. The molecule has 0 aliphatic carbocycles. The molecule has 3 aromatic rings. The summed E-state index contributed by atoms with van der Waals surface area (Å²) in [7, 11) is 0. The van der Waals surface area contributed by atoms with Gasteiger partial charge in [0.05, 0.1) is 22.9 Å². The number of imidazole rings is 1. The molecule has 0 atom stereocenters. The lowest BCUT2D eigenvalue weighted by molar-refractivity contribution is 0.0947. The van der Waals surface area contributed by atoms with Gasteiger partial charge in [0.25, 0.3) is 5.91 Å². The van der Waals surface area contributed by atoms with Crippen molar-refractivity contribution in [2.24, 2.45) is 0 Å². The van der Waals surface area contributed by atoms with Gasteiger partial charge < -0.3 is 10.3 Å². The van der Waals surface area contributed by atoms with E-state index < -0.39 is 11.7 Å². The zero-order chi connectivity index (χ0) is 13.9. The maximum atomic E-state index is 13.5. The van der Waals surface area contributed by atoms with Crippen LogP contribution in [-0.2, 0) is 6.54 Å². The van der Waals surface area contributed by atoms with Gasteiger partial charge in [0.2, 0.25) is 0 Å². The molecule has 4 nitrogen and oxygen atoms in total. The van der Waals surface area contributed by atoms with Crippen LogP contribution >= 0.6 is 0 Å². The predicted octanol–water partition coefficient (Wildman–Crippen LogP) is 2.63. The van der Waals surface area contributed by atoms with Gasteiger partial charge in [-0.25, -0.2) is 9.37 Å². The molecule has 20 heavy (non-hydrogen) atoms. The van der Waals surface area contributed by atoms with Crippen LogP contribution in [0.25, 0.3) is 11.0 Å². The Bertz CT molecular complexity index is 766. The van der Waals surface area contributed by atoms with Crippen LogP contribution < -0.4 is 5.32 Å². The molecule has 0 bridgehead atoms. The fourth-order valence-corrected chi connectivity index (χ4v) is 2.02. The molecule has 2 aromatic carbocycles. The highest BCUT2D eigenvalue weighted by molar-refractivity contribution is 5.94. The second-order valence-electron chi connectivity index (χ2n) is 4.42. The number of H-pyrrole nitrogens is 1. The summed E-state index contributed by atoms with van der Waals surface area (Å²) in [4.78, 5) is 19.0. The Hall–Kier alpha value is -2.69. The van der Waals surface area contributed by atoms with Crippen LogP contribution in [0.3, 0.4) is 0 Å². The molecule has 0 fully saturated rings. The second kappa shape index (κ2) is 5.13. The fraction of sp³-hybridized carbons (Fsp3) is 0.0667. The third kappa shape index (κ3) is 2.38. The minimum atomic E-state index is -0.519. The Morgan fingerprint density at radius 2 is 2.10 bits per heavy atom. The number of amides is 1. The van der Waals surface area contributed by atoms with Crippen LogP contribution in [0.5, 0.6) is 0 Å². The fourth-order valence-electron chi connectivity index (χ4n) is 2.02. The van der Waals surface area contributed by atoms with E-state index in [9.17, 15) is 9.18 Å². The van der Waals surface area contributed by atoms with Crippen molar-refractivity contribution in [3.63, 3.8) is 0 Å². The Labute approximate surface area is 114 Å². The van der Waals surface area contributed by atoms with E-state index in [-0.39, 0.29) is 5.56 Å². The van der Waals surface area contributed by atoms with E-state index in [0.717, 1.165) is 16.6 Å². The Morgan fingerprint density at radius 1 is 1.25 bits per heavy atom. The molecule has 0 aliphatic rings. The van der Waals surface area contributed by atoms with Gasteiger partial charge >= 0.3 is 0 Å². The molecular weight excluding hydrogens is 257 g/mol. The summed E-state index contributed by atoms with van der Waals surface area (Å²) in [6.45, 7) is 0.335. The van der Waals surface area contributed by atoms with Gasteiger partial charge in [0.1, 0.15) is 5.82 Å².